The maximum Gasteiger partial charge on any atom is 0.277 e. The molecule has 1 aromatic carbocycles. The third kappa shape index (κ3) is 5.72. The largest absolute Gasteiger partial charge is 0.494 e. The lowest BCUT2D eigenvalue weighted by molar-refractivity contribution is -0.146. The smallest absolute Gasteiger partial charge is 0.277 e. The summed E-state index contributed by atoms with van der Waals surface area (Å²) >= 11 is 1.05. The van der Waals surface area contributed by atoms with Crippen LogP contribution in [0.1, 0.15) is 30.7 Å². The lowest BCUT2D eigenvalue weighted by atomic mass is 9.98. The highest BCUT2D eigenvalue weighted by molar-refractivity contribution is 7.99. The predicted molar refractivity (Wildman–Crippen MR) is 114 cm³/mol. The van der Waals surface area contributed by atoms with Gasteiger partial charge < -0.3 is 9.84 Å². The summed E-state index contributed by atoms with van der Waals surface area (Å²) in [6.07, 6.45) is 4.95. The molecule has 0 saturated heterocycles. The highest BCUT2D eigenvalue weighted by atomic mass is 32.2. The number of hydrogen-bond donors (Lipinski definition) is 3. The average Bonchev–Trinajstić information content (AvgIpc) is 2.74. The Bertz CT molecular complexity index is 922. The summed E-state index contributed by atoms with van der Waals surface area (Å²) in [7, 11) is -4.10. The number of nitrogens with one attached hydrogen (secondary N) is 1. The van der Waals surface area contributed by atoms with Gasteiger partial charge >= 0.3 is 0 Å². The number of hydroxylamine groups is 1. The molecule has 2 rings (SSSR count). The molecule has 1 amide bonds. The van der Waals surface area contributed by atoms with Crippen LogP contribution >= 0.6 is 11.8 Å². The van der Waals surface area contributed by atoms with E-state index in [4.69, 9.17) is 9.94 Å². The minimum atomic E-state index is -4.10. The molecule has 0 fully saturated rings. The van der Waals surface area contributed by atoms with E-state index in [9.17, 15) is 18.3 Å². The van der Waals surface area contributed by atoms with Crippen molar-refractivity contribution in [2.75, 3.05) is 18.6 Å². The van der Waals surface area contributed by atoms with Crippen LogP contribution in [-0.4, -0.2) is 53.8 Å². The van der Waals surface area contributed by atoms with Crippen LogP contribution in [0.4, 0.5) is 0 Å². The molecule has 0 saturated carbocycles. The van der Waals surface area contributed by atoms with E-state index in [0.29, 0.717) is 18.1 Å². The third-order valence-corrected chi connectivity index (χ3v) is 7.39. The second-order valence-corrected chi connectivity index (χ2v) is 9.60. The van der Waals surface area contributed by atoms with Crippen molar-refractivity contribution in [1.82, 2.24) is 10.5 Å². The van der Waals surface area contributed by atoms with Gasteiger partial charge in [-0.2, -0.15) is 11.8 Å². The van der Waals surface area contributed by atoms with Gasteiger partial charge in [-0.25, -0.2) is 13.9 Å². The Balaban J connectivity index is 2.33. The van der Waals surface area contributed by atoms with Gasteiger partial charge in [-0.05, 0) is 49.1 Å². The van der Waals surface area contributed by atoms with Gasteiger partial charge in [0.15, 0.2) is 15.4 Å². The summed E-state index contributed by atoms with van der Waals surface area (Å²) in [5, 5.41) is 19.3. The van der Waals surface area contributed by atoms with Crippen LogP contribution in [0.25, 0.3) is 0 Å². The van der Waals surface area contributed by atoms with Crippen LogP contribution in [0.3, 0.4) is 0 Å². The van der Waals surface area contributed by atoms with Crippen molar-refractivity contribution in [3.8, 4) is 5.75 Å². The minimum absolute atomic E-state index is 0.0737. The molecule has 164 valence electrons. The number of aliphatic hydroxyl groups is 1. The maximum atomic E-state index is 13.0. The zero-order chi connectivity index (χ0) is 22.2. The van der Waals surface area contributed by atoms with E-state index in [1.807, 2.05) is 6.92 Å². The summed E-state index contributed by atoms with van der Waals surface area (Å²) in [6.45, 7) is 2.56. The molecular weight excluding hydrogens is 428 g/mol. The number of thioether (sulfide) groups is 1. The van der Waals surface area contributed by atoms with E-state index in [2.05, 4.69) is 4.98 Å². The maximum absolute atomic E-state index is 13.0. The average molecular weight is 455 g/mol. The van der Waals surface area contributed by atoms with E-state index in [1.165, 1.54) is 35.9 Å². The normalized spacial score (nSPS) is 14.5. The molecule has 1 aromatic heterocycles. The molecule has 0 aliphatic heterocycles. The van der Waals surface area contributed by atoms with Gasteiger partial charge in [0.25, 0.3) is 5.91 Å². The molecule has 8 nitrogen and oxygen atoms in total. The summed E-state index contributed by atoms with van der Waals surface area (Å²) < 4.78 is 31.5. The van der Waals surface area contributed by atoms with Gasteiger partial charge in [0.1, 0.15) is 5.75 Å². The fourth-order valence-electron chi connectivity index (χ4n) is 2.90. The number of pyridine rings is 1. The number of unbranched alkanes of at least 4 members (excludes halogenated alkanes) is 1. The Morgan fingerprint density at radius 2 is 1.97 bits per heavy atom. The minimum Gasteiger partial charge on any atom is -0.494 e. The topological polar surface area (TPSA) is 126 Å². The molecule has 3 N–H and O–H groups in total. The first kappa shape index (κ1) is 24.1. The van der Waals surface area contributed by atoms with Crippen molar-refractivity contribution in [2.45, 2.75) is 35.5 Å². The second-order valence-electron chi connectivity index (χ2n) is 6.67. The Labute approximate surface area is 180 Å². The van der Waals surface area contributed by atoms with Gasteiger partial charge in [-0.15, -0.1) is 0 Å². The molecule has 0 bridgehead atoms. The van der Waals surface area contributed by atoms with E-state index in [0.717, 1.165) is 24.6 Å². The quantitative estimate of drug-likeness (QED) is 0.268. The molecule has 2 aromatic rings. The van der Waals surface area contributed by atoms with Crippen molar-refractivity contribution < 1.29 is 28.3 Å². The van der Waals surface area contributed by atoms with Gasteiger partial charge in [0.2, 0.25) is 0 Å². The number of carbonyl (C=O) groups excluding carboxylic acids is 1. The van der Waals surface area contributed by atoms with Crippen LogP contribution in [0, 0.1) is 0 Å². The number of nitrogens with zero attached hydrogens (tertiary/aromatic N) is 1. The number of rotatable bonds is 11. The molecule has 2 unspecified atom stereocenters. The van der Waals surface area contributed by atoms with Crippen LogP contribution in [-0.2, 0) is 14.6 Å². The number of amides is 1. The molecular formula is C20H26N2O6S2. The Hall–Kier alpha value is -2.14. The molecule has 10 heteroatoms. The highest BCUT2D eigenvalue weighted by Crippen LogP contribution is 2.38. The molecule has 2 atom stereocenters. The van der Waals surface area contributed by atoms with E-state index < -0.39 is 32.3 Å². The number of sulfone groups is 1. The second kappa shape index (κ2) is 10.8. The van der Waals surface area contributed by atoms with Gasteiger partial charge in [-0.1, -0.05) is 19.4 Å². The van der Waals surface area contributed by atoms with Crippen molar-refractivity contribution >= 4 is 27.5 Å². The number of aromatic nitrogens is 1. The summed E-state index contributed by atoms with van der Waals surface area (Å²) in [5.41, 5.74) is -0.762. The standard InChI is InChI=1S/C20H26N2O6S2/c1-3-4-13-28-15-8-10-16(11-9-15)30(26,27)14-20(24,19(23)22-25)18(29-2)17-7-5-6-12-21-17/h5-12,18,24-25H,3-4,13-14H2,1-2H3,(H,22,23). The van der Waals surface area contributed by atoms with E-state index in [1.54, 1.807) is 24.5 Å². The molecule has 0 aliphatic carbocycles. The van der Waals surface area contributed by atoms with Crippen molar-refractivity contribution in [2.24, 2.45) is 0 Å². The molecule has 30 heavy (non-hydrogen) atoms. The Morgan fingerprint density at radius 3 is 2.50 bits per heavy atom. The summed E-state index contributed by atoms with van der Waals surface area (Å²) in [5.74, 6) is -1.64. The van der Waals surface area contributed by atoms with E-state index >= 15 is 0 Å². The van der Waals surface area contributed by atoms with E-state index in [-0.39, 0.29) is 4.90 Å². The molecule has 0 radical (unpaired) electrons. The lowest BCUT2D eigenvalue weighted by Crippen LogP contribution is -2.54. The van der Waals surface area contributed by atoms with Crippen LogP contribution in [0.5, 0.6) is 5.75 Å². The van der Waals surface area contributed by atoms with Gasteiger partial charge in [0.05, 0.1) is 28.2 Å². The van der Waals surface area contributed by atoms with Gasteiger partial charge in [-0.3, -0.25) is 15.0 Å². The first-order valence-electron chi connectivity index (χ1n) is 9.34. The Kier molecular flexibility index (Phi) is 8.65. The SMILES string of the molecule is CCCCOc1ccc(S(=O)(=O)CC(O)(C(=O)NO)C(SC)c2ccccn2)cc1. The molecule has 0 spiro atoms. The first-order chi connectivity index (χ1) is 14.3. The van der Waals surface area contributed by atoms with Crippen molar-refractivity contribution in [3.05, 3.63) is 54.4 Å². The Morgan fingerprint density at radius 1 is 1.27 bits per heavy atom. The number of carbonyl (C=O) groups is 1. The van der Waals surface area contributed by atoms with Crippen LogP contribution < -0.4 is 10.2 Å². The van der Waals surface area contributed by atoms with Crippen LogP contribution in [0.15, 0.2) is 53.6 Å². The fraction of sp³-hybridized carbons (Fsp3) is 0.400. The van der Waals surface area contributed by atoms with Crippen molar-refractivity contribution in [1.29, 1.82) is 0 Å². The zero-order valence-electron chi connectivity index (χ0n) is 16.8. The monoisotopic (exact) mass is 454 g/mol. The van der Waals surface area contributed by atoms with Crippen LogP contribution in [0.2, 0.25) is 0 Å². The highest BCUT2D eigenvalue weighted by Gasteiger charge is 2.49. The number of hydrogen-bond acceptors (Lipinski definition) is 8. The van der Waals surface area contributed by atoms with Crippen molar-refractivity contribution in [3.63, 3.8) is 0 Å². The molecule has 0 aliphatic rings. The summed E-state index contributed by atoms with van der Waals surface area (Å²) in [4.78, 5) is 16.4. The fourth-order valence-corrected chi connectivity index (χ4v) is 5.56. The predicted octanol–water partition coefficient (Wildman–Crippen LogP) is 2.38. The number of benzene rings is 1. The zero-order valence-corrected chi connectivity index (χ0v) is 18.4. The number of ether oxygens (including phenoxy) is 1. The van der Waals surface area contributed by atoms with Gasteiger partial charge in [0, 0.05) is 6.20 Å². The third-order valence-electron chi connectivity index (χ3n) is 4.48. The molecule has 1 heterocycles. The lowest BCUT2D eigenvalue weighted by Gasteiger charge is -2.32. The summed E-state index contributed by atoms with van der Waals surface area (Å²) in [6, 6.07) is 10.7. The first-order valence-corrected chi connectivity index (χ1v) is 12.3.